The van der Waals surface area contributed by atoms with E-state index in [1.54, 1.807) is 0 Å². The van der Waals surface area contributed by atoms with Crippen molar-refractivity contribution in [1.82, 2.24) is 9.97 Å². The summed E-state index contributed by atoms with van der Waals surface area (Å²) in [6, 6.07) is 0. The van der Waals surface area contributed by atoms with E-state index in [0.717, 1.165) is 7.11 Å². The van der Waals surface area contributed by atoms with Crippen LogP contribution in [0.4, 0.5) is 5.69 Å². The molecular weight excluding hydrogens is 174 g/mol. The fraction of sp³-hybridized carbons (Fsp3) is 0.143. The second-order valence-corrected chi connectivity index (χ2v) is 2.07. The van der Waals surface area contributed by atoms with Crippen LogP contribution in [0.2, 0.25) is 0 Å². The van der Waals surface area contributed by atoms with Crippen LogP contribution in [-0.2, 0) is 14.3 Å². The van der Waals surface area contributed by atoms with Crippen molar-refractivity contribution in [3.8, 4) is 0 Å². The number of esters is 1. The fourth-order valence-corrected chi connectivity index (χ4v) is 0.638. The first-order valence-corrected chi connectivity index (χ1v) is 3.38. The zero-order chi connectivity index (χ0) is 9.68. The third kappa shape index (κ3) is 2.51. The van der Waals surface area contributed by atoms with Crippen molar-refractivity contribution in [3.05, 3.63) is 18.7 Å². The van der Waals surface area contributed by atoms with Crippen LogP contribution >= 0.6 is 0 Å². The van der Waals surface area contributed by atoms with Gasteiger partial charge in [-0.15, -0.1) is 0 Å². The molecule has 1 aromatic heterocycles. The average Bonchev–Trinajstić information content (AvgIpc) is 2.18. The number of methoxy groups -OCH3 is 1. The van der Waals surface area contributed by atoms with E-state index in [2.05, 4.69) is 20.0 Å². The van der Waals surface area contributed by atoms with Crippen LogP contribution in [0.5, 0.6) is 0 Å². The SMILES string of the molecule is COC(=O)C(=O)Nc1cncnc1. The topological polar surface area (TPSA) is 81.2 Å². The molecule has 1 aromatic rings. The molecule has 1 N–H and O–H groups in total. The molecule has 68 valence electrons. The van der Waals surface area contributed by atoms with Crippen molar-refractivity contribution in [1.29, 1.82) is 0 Å². The highest BCUT2D eigenvalue weighted by molar-refractivity contribution is 6.37. The number of hydrogen-bond acceptors (Lipinski definition) is 5. The largest absolute Gasteiger partial charge is 0.462 e. The number of nitrogens with zero attached hydrogens (tertiary/aromatic N) is 2. The van der Waals surface area contributed by atoms with E-state index in [0.29, 0.717) is 5.69 Å². The van der Waals surface area contributed by atoms with Crippen LogP contribution in [0, 0.1) is 0 Å². The first-order valence-electron chi connectivity index (χ1n) is 3.38. The van der Waals surface area contributed by atoms with Gasteiger partial charge >= 0.3 is 11.9 Å². The van der Waals surface area contributed by atoms with Gasteiger partial charge in [0.1, 0.15) is 6.33 Å². The molecule has 0 saturated carbocycles. The molecule has 1 heterocycles. The summed E-state index contributed by atoms with van der Waals surface area (Å²) in [4.78, 5) is 28.8. The molecule has 0 aliphatic heterocycles. The van der Waals surface area contributed by atoms with E-state index in [1.165, 1.54) is 18.7 Å². The summed E-state index contributed by atoms with van der Waals surface area (Å²) >= 11 is 0. The van der Waals surface area contributed by atoms with Gasteiger partial charge in [0.2, 0.25) is 0 Å². The predicted octanol–water partition coefficient (Wildman–Crippen LogP) is -0.412. The number of nitrogens with one attached hydrogen (secondary N) is 1. The third-order valence-electron chi connectivity index (χ3n) is 1.19. The molecule has 1 rings (SSSR count). The van der Waals surface area contributed by atoms with Gasteiger partial charge in [0, 0.05) is 0 Å². The van der Waals surface area contributed by atoms with Crippen molar-refractivity contribution in [2.75, 3.05) is 12.4 Å². The maximum Gasteiger partial charge on any atom is 0.396 e. The molecule has 6 heteroatoms. The van der Waals surface area contributed by atoms with Crippen molar-refractivity contribution in [2.45, 2.75) is 0 Å². The summed E-state index contributed by atoms with van der Waals surface area (Å²) in [5, 5.41) is 2.25. The van der Waals surface area contributed by atoms with E-state index >= 15 is 0 Å². The quantitative estimate of drug-likeness (QED) is 0.470. The third-order valence-corrected chi connectivity index (χ3v) is 1.19. The zero-order valence-corrected chi connectivity index (χ0v) is 6.85. The van der Waals surface area contributed by atoms with Gasteiger partial charge in [-0.05, 0) is 0 Å². The number of rotatable bonds is 1. The van der Waals surface area contributed by atoms with Gasteiger partial charge in [0.15, 0.2) is 0 Å². The Morgan fingerprint density at radius 1 is 1.38 bits per heavy atom. The van der Waals surface area contributed by atoms with Crippen LogP contribution in [0.15, 0.2) is 18.7 Å². The molecular formula is C7H7N3O3. The Labute approximate surface area is 74.0 Å². The van der Waals surface area contributed by atoms with Crippen LogP contribution in [0.1, 0.15) is 0 Å². The Morgan fingerprint density at radius 3 is 2.54 bits per heavy atom. The lowest BCUT2D eigenvalue weighted by Crippen LogP contribution is -2.23. The summed E-state index contributed by atoms with van der Waals surface area (Å²) in [5.41, 5.74) is 0.345. The van der Waals surface area contributed by atoms with Gasteiger partial charge in [-0.3, -0.25) is 4.79 Å². The van der Waals surface area contributed by atoms with E-state index in [-0.39, 0.29) is 0 Å². The summed E-state index contributed by atoms with van der Waals surface area (Å²) in [5.74, 6) is -1.80. The molecule has 0 bridgehead atoms. The minimum atomic E-state index is -0.955. The van der Waals surface area contributed by atoms with E-state index in [1.807, 2.05) is 0 Å². The Balaban J connectivity index is 2.60. The molecule has 13 heavy (non-hydrogen) atoms. The Kier molecular flexibility index (Phi) is 2.91. The number of aromatic nitrogens is 2. The van der Waals surface area contributed by atoms with Crippen molar-refractivity contribution in [3.63, 3.8) is 0 Å². The number of ether oxygens (including phenoxy) is 1. The van der Waals surface area contributed by atoms with Crippen molar-refractivity contribution < 1.29 is 14.3 Å². The average molecular weight is 181 g/mol. The lowest BCUT2D eigenvalue weighted by molar-refractivity contribution is -0.150. The van der Waals surface area contributed by atoms with Crippen molar-refractivity contribution >= 4 is 17.6 Å². The van der Waals surface area contributed by atoms with Gasteiger partial charge in [0.25, 0.3) is 0 Å². The highest BCUT2D eigenvalue weighted by Crippen LogP contribution is 1.99. The van der Waals surface area contributed by atoms with Gasteiger partial charge in [0.05, 0.1) is 25.2 Å². The van der Waals surface area contributed by atoms with E-state index in [4.69, 9.17) is 0 Å². The maximum atomic E-state index is 10.9. The van der Waals surface area contributed by atoms with Gasteiger partial charge in [-0.25, -0.2) is 14.8 Å². The number of hydrogen-bond donors (Lipinski definition) is 1. The number of carbonyl (C=O) groups is 2. The highest BCUT2D eigenvalue weighted by atomic mass is 16.5. The van der Waals surface area contributed by atoms with Crippen LogP contribution in [0.25, 0.3) is 0 Å². The normalized spacial score (nSPS) is 9.00. The molecule has 0 fully saturated rings. The summed E-state index contributed by atoms with van der Waals surface area (Å²) in [6.45, 7) is 0. The first-order chi connectivity index (χ1) is 6.24. The molecule has 0 radical (unpaired) electrons. The standard InChI is InChI=1S/C7H7N3O3/c1-13-7(12)6(11)10-5-2-8-4-9-3-5/h2-4H,1H3,(H,10,11). The monoisotopic (exact) mass is 181 g/mol. The van der Waals surface area contributed by atoms with Gasteiger partial charge < -0.3 is 10.1 Å². The maximum absolute atomic E-state index is 10.9. The van der Waals surface area contributed by atoms with Gasteiger partial charge in [-0.1, -0.05) is 0 Å². The van der Waals surface area contributed by atoms with Crippen LogP contribution in [-0.4, -0.2) is 29.0 Å². The fourth-order valence-electron chi connectivity index (χ4n) is 0.638. The number of amides is 1. The number of carbonyl (C=O) groups excluding carboxylic acids is 2. The minimum absolute atomic E-state index is 0.345. The van der Waals surface area contributed by atoms with Gasteiger partial charge in [-0.2, -0.15) is 0 Å². The first kappa shape index (κ1) is 9.11. The summed E-state index contributed by atoms with van der Waals surface area (Å²) in [7, 11) is 1.13. The molecule has 1 amide bonds. The summed E-state index contributed by atoms with van der Waals surface area (Å²) < 4.78 is 4.19. The Morgan fingerprint density at radius 2 is 2.00 bits per heavy atom. The molecule has 0 aromatic carbocycles. The highest BCUT2D eigenvalue weighted by Gasteiger charge is 2.13. The molecule has 0 saturated heterocycles. The predicted molar refractivity (Wildman–Crippen MR) is 42.7 cm³/mol. The van der Waals surface area contributed by atoms with E-state index in [9.17, 15) is 9.59 Å². The molecule has 6 nitrogen and oxygen atoms in total. The summed E-state index contributed by atoms with van der Waals surface area (Å²) in [6.07, 6.45) is 4.05. The minimum Gasteiger partial charge on any atom is -0.462 e. The molecule has 0 aliphatic carbocycles. The molecule has 0 atom stereocenters. The Hall–Kier alpha value is -1.98. The lowest BCUT2D eigenvalue weighted by atomic mass is 10.5. The Bertz CT molecular complexity index is 312. The lowest BCUT2D eigenvalue weighted by Gasteiger charge is -2.00. The van der Waals surface area contributed by atoms with Crippen LogP contribution < -0.4 is 5.32 Å². The molecule has 0 spiro atoms. The molecule has 0 aliphatic rings. The second kappa shape index (κ2) is 4.15. The van der Waals surface area contributed by atoms with Crippen molar-refractivity contribution in [2.24, 2.45) is 0 Å². The second-order valence-electron chi connectivity index (χ2n) is 2.07. The zero-order valence-electron chi connectivity index (χ0n) is 6.85. The van der Waals surface area contributed by atoms with Crippen LogP contribution in [0.3, 0.4) is 0 Å². The molecule has 0 unspecified atom stereocenters. The number of anilines is 1. The smallest absolute Gasteiger partial charge is 0.396 e. The van der Waals surface area contributed by atoms with E-state index < -0.39 is 11.9 Å².